The SMILES string of the molecule is CC(C)(C)S(=O)(=O)CCNCCCC(F)(F)F. The molecule has 0 atom stereocenters. The zero-order valence-corrected chi connectivity index (χ0v) is 11.2. The second kappa shape index (κ2) is 6.04. The second-order valence-electron chi connectivity index (χ2n) is 4.90. The molecule has 104 valence electrons. The molecule has 0 rings (SSSR count). The average molecular weight is 275 g/mol. The number of alkyl halides is 3. The molecule has 0 radical (unpaired) electrons. The van der Waals surface area contributed by atoms with Gasteiger partial charge in [0.2, 0.25) is 0 Å². The zero-order chi connectivity index (χ0) is 13.7. The standard InChI is InChI=1S/C10H20F3NO2S/c1-9(2,3)17(15,16)8-7-14-6-4-5-10(11,12)13/h14H,4-8H2,1-3H3. The Balaban J connectivity index is 3.74. The topological polar surface area (TPSA) is 46.2 Å². The third-order valence-corrected chi connectivity index (χ3v) is 4.90. The molecule has 0 saturated heterocycles. The summed E-state index contributed by atoms with van der Waals surface area (Å²) in [6.45, 7) is 5.18. The van der Waals surface area contributed by atoms with E-state index in [1.807, 2.05) is 0 Å². The van der Waals surface area contributed by atoms with Crippen molar-refractivity contribution < 1.29 is 21.6 Å². The van der Waals surface area contributed by atoms with Crippen molar-refractivity contribution in [2.45, 2.75) is 44.5 Å². The van der Waals surface area contributed by atoms with Gasteiger partial charge in [0.1, 0.15) is 0 Å². The summed E-state index contributed by atoms with van der Waals surface area (Å²) in [7, 11) is -3.20. The van der Waals surface area contributed by atoms with Gasteiger partial charge in [-0.05, 0) is 33.7 Å². The molecule has 0 aliphatic carbocycles. The van der Waals surface area contributed by atoms with Crippen molar-refractivity contribution in [2.24, 2.45) is 0 Å². The lowest BCUT2D eigenvalue weighted by Gasteiger charge is -2.19. The zero-order valence-electron chi connectivity index (χ0n) is 10.4. The van der Waals surface area contributed by atoms with Crippen LogP contribution in [0.2, 0.25) is 0 Å². The van der Waals surface area contributed by atoms with Crippen LogP contribution in [0.4, 0.5) is 13.2 Å². The summed E-state index contributed by atoms with van der Waals surface area (Å²) in [6, 6.07) is 0. The third kappa shape index (κ3) is 7.59. The maximum atomic E-state index is 11.8. The van der Waals surface area contributed by atoms with Gasteiger partial charge in [0.25, 0.3) is 0 Å². The number of nitrogens with one attached hydrogen (secondary N) is 1. The number of sulfone groups is 1. The Morgan fingerprint density at radius 2 is 1.59 bits per heavy atom. The number of hydrogen-bond donors (Lipinski definition) is 1. The van der Waals surface area contributed by atoms with Gasteiger partial charge >= 0.3 is 6.18 Å². The Labute approximate surface area is 101 Å². The van der Waals surface area contributed by atoms with Crippen LogP contribution in [0.25, 0.3) is 0 Å². The first kappa shape index (κ1) is 16.7. The van der Waals surface area contributed by atoms with E-state index in [4.69, 9.17) is 0 Å². The molecule has 0 heterocycles. The molecule has 17 heavy (non-hydrogen) atoms. The predicted octanol–water partition coefficient (Wildman–Crippen LogP) is 2.13. The lowest BCUT2D eigenvalue weighted by Crippen LogP contribution is -2.35. The van der Waals surface area contributed by atoms with E-state index in [0.717, 1.165) is 0 Å². The van der Waals surface area contributed by atoms with E-state index in [2.05, 4.69) is 5.32 Å². The molecule has 0 fully saturated rings. The van der Waals surface area contributed by atoms with Crippen LogP contribution in [0.1, 0.15) is 33.6 Å². The highest BCUT2D eigenvalue weighted by Gasteiger charge is 2.28. The van der Waals surface area contributed by atoms with Crippen molar-refractivity contribution >= 4 is 9.84 Å². The van der Waals surface area contributed by atoms with E-state index in [1.54, 1.807) is 20.8 Å². The van der Waals surface area contributed by atoms with Crippen molar-refractivity contribution in [3.8, 4) is 0 Å². The molecule has 0 aliphatic rings. The van der Waals surface area contributed by atoms with Gasteiger partial charge in [-0.2, -0.15) is 13.2 Å². The summed E-state index contributed by atoms with van der Waals surface area (Å²) in [6.07, 6.45) is -5.01. The maximum absolute atomic E-state index is 11.8. The van der Waals surface area contributed by atoms with Gasteiger partial charge in [-0.15, -0.1) is 0 Å². The van der Waals surface area contributed by atoms with E-state index in [9.17, 15) is 21.6 Å². The van der Waals surface area contributed by atoms with Gasteiger partial charge in [-0.25, -0.2) is 8.42 Å². The smallest absolute Gasteiger partial charge is 0.316 e. The summed E-state index contributed by atoms with van der Waals surface area (Å²) in [5, 5.41) is 2.71. The number of halogens is 3. The van der Waals surface area contributed by atoms with Gasteiger partial charge in [-0.1, -0.05) is 0 Å². The molecule has 0 unspecified atom stereocenters. The van der Waals surface area contributed by atoms with Gasteiger partial charge in [-0.3, -0.25) is 0 Å². The quantitative estimate of drug-likeness (QED) is 0.755. The number of hydrogen-bond acceptors (Lipinski definition) is 3. The van der Waals surface area contributed by atoms with E-state index >= 15 is 0 Å². The maximum Gasteiger partial charge on any atom is 0.389 e. The fourth-order valence-electron chi connectivity index (χ4n) is 1.05. The monoisotopic (exact) mass is 275 g/mol. The third-order valence-electron chi connectivity index (χ3n) is 2.29. The molecular weight excluding hydrogens is 255 g/mol. The Morgan fingerprint density at radius 1 is 1.06 bits per heavy atom. The van der Waals surface area contributed by atoms with Gasteiger partial charge in [0.15, 0.2) is 9.84 Å². The first-order chi connectivity index (χ1) is 7.46. The van der Waals surface area contributed by atoms with Crippen LogP contribution in [0.15, 0.2) is 0 Å². The minimum atomic E-state index is -4.14. The summed E-state index contributed by atoms with van der Waals surface area (Å²) < 4.78 is 57.8. The normalized spacial score (nSPS) is 14.0. The molecule has 0 bridgehead atoms. The minimum Gasteiger partial charge on any atom is -0.316 e. The first-order valence-electron chi connectivity index (χ1n) is 5.45. The van der Waals surface area contributed by atoms with Crippen LogP contribution < -0.4 is 5.32 Å². The lowest BCUT2D eigenvalue weighted by molar-refractivity contribution is -0.135. The Bertz CT molecular complexity index is 317. The van der Waals surface area contributed by atoms with Crippen molar-refractivity contribution in [2.75, 3.05) is 18.8 Å². The van der Waals surface area contributed by atoms with E-state index < -0.39 is 27.2 Å². The van der Waals surface area contributed by atoms with E-state index in [1.165, 1.54) is 0 Å². The molecule has 0 saturated carbocycles. The van der Waals surface area contributed by atoms with Crippen LogP contribution >= 0.6 is 0 Å². The fourth-order valence-corrected chi connectivity index (χ4v) is 2.08. The van der Waals surface area contributed by atoms with Crippen LogP contribution in [0, 0.1) is 0 Å². The highest BCUT2D eigenvalue weighted by molar-refractivity contribution is 7.92. The average Bonchev–Trinajstić information content (AvgIpc) is 2.07. The molecule has 0 aromatic heterocycles. The van der Waals surface area contributed by atoms with Crippen LogP contribution in [0.5, 0.6) is 0 Å². The largest absolute Gasteiger partial charge is 0.389 e. The Hall–Kier alpha value is -0.300. The molecule has 0 aromatic carbocycles. The van der Waals surface area contributed by atoms with Crippen molar-refractivity contribution in [1.29, 1.82) is 0 Å². The molecule has 0 spiro atoms. The summed E-state index contributed by atoms with van der Waals surface area (Å²) >= 11 is 0. The fraction of sp³-hybridized carbons (Fsp3) is 1.00. The minimum absolute atomic E-state index is 0.0287. The van der Waals surface area contributed by atoms with E-state index in [-0.39, 0.29) is 25.3 Å². The molecule has 0 aliphatic heterocycles. The molecule has 0 amide bonds. The van der Waals surface area contributed by atoms with Crippen molar-refractivity contribution in [3.63, 3.8) is 0 Å². The van der Waals surface area contributed by atoms with Gasteiger partial charge in [0, 0.05) is 13.0 Å². The second-order valence-corrected chi connectivity index (χ2v) is 7.76. The summed E-state index contributed by atoms with van der Waals surface area (Å²) in [4.78, 5) is 0. The highest BCUT2D eigenvalue weighted by atomic mass is 32.2. The van der Waals surface area contributed by atoms with E-state index in [0.29, 0.717) is 0 Å². The molecular formula is C10H20F3NO2S. The van der Waals surface area contributed by atoms with Crippen molar-refractivity contribution in [3.05, 3.63) is 0 Å². The van der Waals surface area contributed by atoms with Gasteiger partial charge < -0.3 is 5.32 Å². The van der Waals surface area contributed by atoms with Crippen LogP contribution in [-0.2, 0) is 9.84 Å². The van der Waals surface area contributed by atoms with Crippen LogP contribution in [-0.4, -0.2) is 38.2 Å². The Morgan fingerprint density at radius 3 is 2.00 bits per heavy atom. The van der Waals surface area contributed by atoms with Crippen molar-refractivity contribution in [1.82, 2.24) is 5.32 Å². The number of rotatable bonds is 6. The Kier molecular flexibility index (Phi) is 5.93. The molecule has 1 N–H and O–H groups in total. The van der Waals surface area contributed by atoms with Crippen LogP contribution in [0.3, 0.4) is 0 Å². The van der Waals surface area contributed by atoms with Gasteiger partial charge in [0.05, 0.1) is 10.5 Å². The molecule has 7 heteroatoms. The summed E-state index contributed by atoms with van der Waals surface area (Å²) in [5.41, 5.74) is 0. The lowest BCUT2D eigenvalue weighted by atomic mass is 10.3. The highest BCUT2D eigenvalue weighted by Crippen LogP contribution is 2.20. The predicted molar refractivity (Wildman–Crippen MR) is 61.7 cm³/mol. The molecule has 0 aromatic rings. The summed E-state index contributed by atoms with van der Waals surface area (Å²) in [5.74, 6) is -0.0531. The molecule has 3 nitrogen and oxygen atoms in total. The first-order valence-corrected chi connectivity index (χ1v) is 7.11.